The molecule has 0 aliphatic rings. The second-order valence-electron chi connectivity index (χ2n) is 3.16. The molecule has 0 saturated heterocycles. The van der Waals surface area contributed by atoms with Crippen molar-refractivity contribution in [3.63, 3.8) is 0 Å². The van der Waals surface area contributed by atoms with Gasteiger partial charge in [-0.15, -0.1) is 0 Å². The van der Waals surface area contributed by atoms with E-state index in [9.17, 15) is 5.11 Å². The lowest BCUT2D eigenvalue weighted by atomic mass is 10.3. The van der Waals surface area contributed by atoms with Crippen molar-refractivity contribution < 1.29 is 9.84 Å². The lowest BCUT2D eigenvalue weighted by Crippen LogP contribution is -1.88. The average molecular weight is 291 g/mol. The van der Waals surface area contributed by atoms with Crippen LogP contribution in [-0.2, 0) is 0 Å². The highest BCUT2D eigenvalue weighted by molar-refractivity contribution is 6.35. The Hall–Kier alpha value is -1.16. The van der Waals surface area contributed by atoms with Gasteiger partial charge in [-0.05, 0) is 18.2 Å². The summed E-state index contributed by atoms with van der Waals surface area (Å²) in [5.41, 5.74) is 0. The Morgan fingerprint density at radius 3 is 2.47 bits per heavy atom. The SMILES string of the molecule is Oc1ccc(Oc2ncc(Cl)cc2Cl)cc1Cl. The topological polar surface area (TPSA) is 42.4 Å². The van der Waals surface area contributed by atoms with Crippen LogP contribution in [0.25, 0.3) is 0 Å². The first-order valence-corrected chi connectivity index (χ1v) is 5.67. The van der Waals surface area contributed by atoms with E-state index in [-0.39, 0.29) is 16.7 Å². The Labute approximate surface area is 113 Å². The molecule has 2 aromatic rings. The van der Waals surface area contributed by atoms with Crippen molar-refractivity contribution in [2.45, 2.75) is 0 Å². The largest absolute Gasteiger partial charge is 0.506 e. The standard InChI is InChI=1S/C11H6Cl3NO2/c12-6-3-9(14)11(15-5-6)17-7-1-2-10(16)8(13)4-7/h1-5,16H. The fraction of sp³-hybridized carbons (Fsp3) is 0. The zero-order valence-electron chi connectivity index (χ0n) is 8.32. The second-order valence-corrected chi connectivity index (χ2v) is 4.41. The van der Waals surface area contributed by atoms with Crippen LogP contribution in [0, 0.1) is 0 Å². The first-order valence-electron chi connectivity index (χ1n) is 4.53. The predicted molar refractivity (Wildman–Crippen MR) is 67.4 cm³/mol. The van der Waals surface area contributed by atoms with Crippen LogP contribution in [0.3, 0.4) is 0 Å². The fourth-order valence-electron chi connectivity index (χ4n) is 1.14. The molecule has 0 radical (unpaired) electrons. The molecular weight excluding hydrogens is 284 g/mol. The van der Waals surface area contributed by atoms with Crippen LogP contribution in [0.15, 0.2) is 30.5 Å². The highest BCUT2D eigenvalue weighted by Gasteiger charge is 2.07. The molecule has 3 nitrogen and oxygen atoms in total. The van der Waals surface area contributed by atoms with Crippen LogP contribution >= 0.6 is 34.8 Å². The molecule has 0 saturated carbocycles. The smallest absolute Gasteiger partial charge is 0.238 e. The summed E-state index contributed by atoms with van der Waals surface area (Å²) in [5, 5.41) is 10.2. The molecule has 0 aliphatic heterocycles. The first-order chi connectivity index (χ1) is 8.06. The molecule has 1 heterocycles. The van der Waals surface area contributed by atoms with Crippen molar-refractivity contribution in [3.8, 4) is 17.4 Å². The molecule has 0 spiro atoms. The maximum absolute atomic E-state index is 9.25. The summed E-state index contributed by atoms with van der Waals surface area (Å²) in [7, 11) is 0. The van der Waals surface area contributed by atoms with E-state index in [0.29, 0.717) is 15.8 Å². The molecule has 0 atom stereocenters. The summed E-state index contributed by atoms with van der Waals surface area (Å²) in [6.07, 6.45) is 1.42. The molecular formula is C11H6Cl3NO2. The van der Waals surface area contributed by atoms with Gasteiger partial charge in [-0.2, -0.15) is 0 Å². The number of aromatic nitrogens is 1. The minimum atomic E-state index is -0.0193. The van der Waals surface area contributed by atoms with Gasteiger partial charge < -0.3 is 9.84 Å². The molecule has 0 fully saturated rings. The number of nitrogens with zero attached hydrogens (tertiary/aromatic N) is 1. The van der Waals surface area contributed by atoms with Gasteiger partial charge in [0.15, 0.2) is 0 Å². The molecule has 0 amide bonds. The quantitative estimate of drug-likeness (QED) is 0.883. The molecule has 1 aromatic heterocycles. The first kappa shape index (κ1) is 12.3. The number of ether oxygens (including phenoxy) is 1. The van der Waals surface area contributed by atoms with E-state index >= 15 is 0 Å². The van der Waals surface area contributed by atoms with E-state index in [1.807, 2.05) is 0 Å². The Kier molecular flexibility index (Phi) is 3.62. The molecule has 0 unspecified atom stereocenters. The summed E-state index contributed by atoms with van der Waals surface area (Å²) in [6, 6.07) is 5.95. The second kappa shape index (κ2) is 5.00. The number of aromatic hydroxyl groups is 1. The number of hydrogen-bond donors (Lipinski definition) is 1. The van der Waals surface area contributed by atoms with Crippen molar-refractivity contribution in [3.05, 3.63) is 45.5 Å². The molecule has 0 bridgehead atoms. The summed E-state index contributed by atoms with van der Waals surface area (Å²) < 4.78 is 5.40. The van der Waals surface area contributed by atoms with E-state index in [1.165, 1.54) is 24.4 Å². The van der Waals surface area contributed by atoms with Crippen LogP contribution in [0.4, 0.5) is 0 Å². The number of hydrogen-bond acceptors (Lipinski definition) is 3. The number of phenols is 1. The molecule has 6 heteroatoms. The molecule has 1 N–H and O–H groups in total. The molecule has 2 rings (SSSR count). The maximum Gasteiger partial charge on any atom is 0.238 e. The Bertz CT molecular complexity index is 560. The zero-order valence-corrected chi connectivity index (χ0v) is 10.6. The van der Waals surface area contributed by atoms with Crippen LogP contribution < -0.4 is 4.74 Å². The number of rotatable bonds is 2. The molecule has 17 heavy (non-hydrogen) atoms. The van der Waals surface area contributed by atoms with Gasteiger partial charge in [-0.1, -0.05) is 34.8 Å². The van der Waals surface area contributed by atoms with Gasteiger partial charge >= 0.3 is 0 Å². The van der Waals surface area contributed by atoms with Crippen LogP contribution in [0.2, 0.25) is 15.1 Å². The van der Waals surface area contributed by atoms with Crippen molar-refractivity contribution >= 4 is 34.8 Å². The minimum Gasteiger partial charge on any atom is -0.506 e. The van der Waals surface area contributed by atoms with Gasteiger partial charge in [0.2, 0.25) is 5.88 Å². The van der Waals surface area contributed by atoms with Gasteiger partial charge in [0, 0.05) is 12.3 Å². The van der Waals surface area contributed by atoms with E-state index < -0.39 is 0 Å². The molecule has 0 aliphatic carbocycles. The maximum atomic E-state index is 9.25. The van der Waals surface area contributed by atoms with Crippen molar-refractivity contribution in [2.24, 2.45) is 0 Å². The Morgan fingerprint density at radius 1 is 1.06 bits per heavy atom. The number of benzene rings is 1. The highest BCUT2D eigenvalue weighted by Crippen LogP contribution is 2.32. The summed E-state index contributed by atoms with van der Waals surface area (Å²) in [6.45, 7) is 0. The van der Waals surface area contributed by atoms with Gasteiger partial charge in [-0.25, -0.2) is 4.98 Å². The van der Waals surface area contributed by atoms with E-state index in [0.717, 1.165) is 0 Å². The fourth-order valence-corrected chi connectivity index (χ4v) is 1.73. The van der Waals surface area contributed by atoms with Gasteiger partial charge in [-0.3, -0.25) is 0 Å². The Morgan fingerprint density at radius 2 is 1.82 bits per heavy atom. The monoisotopic (exact) mass is 289 g/mol. The Balaban J connectivity index is 2.28. The average Bonchev–Trinajstić information content (AvgIpc) is 2.27. The third kappa shape index (κ3) is 2.94. The minimum absolute atomic E-state index is 0.0193. The predicted octanol–water partition coefficient (Wildman–Crippen LogP) is 4.54. The third-order valence-corrected chi connectivity index (χ3v) is 2.69. The van der Waals surface area contributed by atoms with Crippen LogP contribution in [0.5, 0.6) is 17.4 Å². The lowest BCUT2D eigenvalue weighted by molar-refractivity contribution is 0.454. The van der Waals surface area contributed by atoms with Crippen LogP contribution in [0.1, 0.15) is 0 Å². The van der Waals surface area contributed by atoms with Crippen LogP contribution in [-0.4, -0.2) is 10.1 Å². The van der Waals surface area contributed by atoms with Crippen molar-refractivity contribution in [1.82, 2.24) is 4.98 Å². The lowest BCUT2D eigenvalue weighted by Gasteiger charge is -2.07. The van der Waals surface area contributed by atoms with Crippen molar-refractivity contribution in [1.29, 1.82) is 0 Å². The number of phenolic OH excluding ortho intramolecular Hbond substituents is 1. The summed E-state index contributed by atoms with van der Waals surface area (Å²) >= 11 is 17.3. The zero-order chi connectivity index (χ0) is 12.4. The third-order valence-electron chi connectivity index (χ3n) is 1.91. The summed E-state index contributed by atoms with van der Waals surface area (Å²) in [5.74, 6) is 0.622. The number of halogens is 3. The van der Waals surface area contributed by atoms with E-state index in [4.69, 9.17) is 39.5 Å². The normalized spacial score (nSPS) is 10.3. The van der Waals surface area contributed by atoms with Crippen molar-refractivity contribution in [2.75, 3.05) is 0 Å². The van der Waals surface area contributed by atoms with Gasteiger partial charge in [0.1, 0.15) is 16.5 Å². The van der Waals surface area contributed by atoms with Gasteiger partial charge in [0.25, 0.3) is 0 Å². The summed E-state index contributed by atoms with van der Waals surface area (Å²) in [4.78, 5) is 3.93. The molecule has 88 valence electrons. The molecule has 1 aromatic carbocycles. The van der Waals surface area contributed by atoms with E-state index in [2.05, 4.69) is 4.98 Å². The highest BCUT2D eigenvalue weighted by atomic mass is 35.5. The van der Waals surface area contributed by atoms with E-state index in [1.54, 1.807) is 6.07 Å². The number of pyridine rings is 1. The van der Waals surface area contributed by atoms with Gasteiger partial charge in [0.05, 0.1) is 10.0 Å².